The Morgan fingerprint density at radius 1 is 1.50 bits per heavy atom. The average Bonchev–Trinajstić information content (AvgIpc) is 2.19. The maximum Gasteiger partial charge on any atom is 0.223 e. The van der Waals surface area contributed by atoms with Crippen molar-refractivity contribution in [1.29, 1.82) is 0 Å². The third-order valence-corrected chi connectivity index (χ3v) is 2.71. The lowest BCUT2D eigenvalue weighted by atomic mass is 9.97. The van der Waals surface area contributed by atoms with E-state index in [-0.39, 0.29) is 24.2 Å². The van der Waals surface area contributed by atoms with Gasteiger partial charge >= 0.3 is 0 Å². The van der Waals surface area contributed by atoms with Crippen LogP contribution in [0.2, 0.25) is 0 Å². The minimum Gasteiger partial charge on any atom is -0.353 e. The van der Waals surface area contributed by atoms with Gasteiger partial charge in [-0.25, -0.2) is 0 Å². The Kier molecular flexibility index (Phi) is 6.93. The summed E-state index contributed by atoms with van der Waals surface area (Å²) in [6.07, 6.45) is 2.99. The second-order valence-electron chi connectivity index (χ2n) is 3.84. The summed E-state index contributed by atoms with van der Waals surface area (Å²) in [4.78, 5) is 11.6. The zero-order chi connectivity index (χ0) is 9.68. The van der Waals surface area contributed by atoms with Gasteiger partial charge in [-0.3, -0.25) is 4.79 Å². The van der Waals surface area contributed by atoms with Gasteiger partial charge in [-0.1, -0.05) is 6.92 Å². The van der Waals surface area contributed by atoms with Crippen molar-refractivity contribution >= 4 is 18.3 Å². The lowest BCUT2D eigenvalue weighted by molar-refractivity contribution is -0.126. The van der Waals surface area contributed by atoms with Crippen LogP contribution in [0.4, 0.5) is 0 Å². The topological polar surface area (TPSA) is 41.1 Å². The summed E-state index contributed by atoms with van der Waals surface area (Å²) in [6, 6.07) is 0.322. The molecule has 1 rings (SSSR count). The fraction of sp³-hybridized carbons (Fsp3) is 0.900. The Labute approximate surface area is 92.4 Å². The number of hydrogen-bond donors (Lipinski definition) is 2. The minimum absolute atomic E-state index is 0. The van der Waals surface area contributed by atoms with Crippen LogP contribution >= 0.6 is 12.4 Å². The van der Waals surface area contributed by atoms with Crippen LogP contribution in [0.25, 0.3) is 0 Å². The zero-order valence-corrected chi connectivity index (χ0v) is 9.82. The standard InChI is InChI=1S/C10H20N2O.ClH/c1-3-8(2)12-10(13)9-4-6-11-7-5-9;/h8-9,11H,3-7H2,1-2H3,(H,12,13);1H. The van der Waals surface area contributed by atoms with Crippen LogP contribution in [0.5, 0.6) is 0 Å². The van der Waals surface area contributed by atoms with E-state index in [1.54, 1.807) is 0 Å². The van der Waals surface area contributed by atoms with Gasteiger partial charge in [0.25, 0.3) is 0 Å². The van der Waals surface area contributed by atoms with E-state index in [2.05, 4.69) is 24.5 Å². The zero-order valence-electron chi connectivity index (χ0n) is 9.01. The van der Waals surface area contributed by atoms with Crippen LogP contribution in [0.3, 0.4) is 0 Å². The van der Waals surface area contributed by atoms with Gasteiger partial charge in [0, 0.05) is 12.0 Å². The molecule has 0 aliphatic carbocycles. The van der Waals surface area contributed by atoms with Crippen LogP contribution < -0.4 is 10.6 Å². The first-order chi connectivity index (χ1) is 6.24. The molecule has 0 aromatic rings. The molecular weight excluding hydrogens is 200 g/mol. The van der Waals surface area contributed by atoms with Crippen molar-refractivity contribution in [2.75, 3.05) is 13.1 Å². The third kappa shape index (κ3) is 4.29. The maximum absolute atomic E-state index is 11.6. The van der Waals surface area contributed by atoms with Gasteiger partial charge in [-0.05, 0) is 39.3 Å². The van der Waals surface area contributed by atoms with Crippen molar-refractivity contribution in [2.24, 2.45) is 5.92 Å². The van der Waals surface area contributed by atoms with E-state index < -0.39 is 0 Å². The molecule has 1 atom stereocenters. The van der Waals surface area contributed by atoms with Crippen molar-refractivity contribution in [1.82, 2.24) is 10.6 Å². The molecule has 0 saturated carbocycles. The van der Waals surface area contributed by atoms with E-state index in [4.69, 9.17) is 0 Å². The highest BCUT2D eigenvalue weighted by Crippen LogP contribution is 2.11. The Balaban J connectivity index is 0.00000169. The monoisotopic (exact) mass is 220 g/mol. The van der Waals surface area contributed by atoms with Crippen molar-refractivity contribution in [2.45, 2.75) is 39.2 Å². The second-order valence-corrected chi connectivity index (χ2v) is 3.84. The van der Waals surface area contributed by atoms with Crippen LogP contribution in [0, 0.1) is 5.92 Å². The van der Waals surface area contributed by atoms with E-state index in [1.165, 1.54) is 0 Å². The van der Waals surface area contributed by atoms with E-state index in [0.717, 1.165) is 32.4 Å². The average molecular weight is 221 g/mol. The van der Waals surface area contributed by atoms with E-state index in [0.29, 0.717) is 6.04 Å². The van der Waals surface area contributed by atoms with Crippen molar-refractivity contribution in [3.05, 3.63) is 0 Å². The molecule has 4 heteroatoms. The van der Waals surface area contributed by atoms with Crippen LogP contribution in [-0.4, -0.2) is 25.0 Å². The number of amides is 1. The number of rotatable bonds is 3. The first-order valence-electron chi connectivity index (χ1n) is 5.25. The minimum atomic E-state index is 0. The Bertz CT molecular complexity index is 170. The lowest BCUT2D eigenvalue weighted by Crippen LogP contribution is -2.41. The van der Waals surface area contributed by atoms with Gasteiger partial charge in [0.2, 0.25) is 5.91 Å². The molecule has 0 spiro atoms. The number of piperidine rings is 1. The highest BCUT2D eigenvalue weighted by atomic mass is 35.5. The van der Waals surface area contributed by atoms with Crippen LogP contribution in [0.15, 0.2) is 0 Å². The fourth-order valence-electron chi connectivity index (χ4n) is 1.55. The molecule has 2 N–H and O–H groups in total. The largest absolute Gasteiger partial charge is 0.353 e. The molecule has 14 heavy (non-hydrogen) atoms. The van der Waals surface area contributed by atoms with E-state index in [9.17, 15) is 4.79 Å². The van der Waals surface area contributed by atoms with E-state index >= 15 is 0 Å². The summed E-state index contributed by atoms with van der Waals surface area (Å²) < 4.78 is 0. The van der Waals surface area contributed by atoms with Gasteiger partial charge in [0.05, 0.1) is 0 Å². The van der Waals surface area contributed by atoms with Crippen LogP contribution in [-0.2, 0) is 4.79 Å². The predicted octanol–water partition coefficient (Wildman–Crippen LogP) is 1.32. The summed E-state index contributed by atoms with van der Waals surface area (Å²) >= 11 is 0. The maximum atomic E-state index is 11.6. The van der Waals surface area contributed by atoms with Crippen molar-refractivity contribution in [3.63, 3.8) is 0 Å². The highest BCUT2D eigenvalue weighted by molar-refractivity contribution is 5.85. The molecule has 1 amide bonds. The summed E-state index contributed by atoms with van der Waals surface area (Å²) in [5, 5.41) is 6.29. The predicted molar refractivity (Wildman–Crippen MR) is 60.7 cm³/mol. The summed E-state index contributed by atoms with van der Waals surface area (Å²) in [5.74, 6) is 0.492. The highest BCUT2D eigenvalue weighted by Gasteiger charge is 2.21. The fourth-order valence-corrected chi connectivity index (χ4v) is 1.55. The molecule has 0 aromatic carbocycles. The Morgan fingerprint density at radius 2 is 2.07 bits per heavy atom. The molecule has 1 unspecified atom stereocenters. The smallest absolute Gasteiger partial charge is 0.223 e. The Hall–Kier alpha value is -0.280. The first kappa shape index (κ1) is 13.7. The first-order valence-corrected chi connectivity index (χ1v) is 5.25. The van der Waals surface area contributed by atoms with Gasteiger partial charge in [0.1, 0.15) is 0 Å². The number of nitrogens with one attached hydrogen (secondary N) is 2. The molecule has 84 valence electrons. The quantitative estimate of drug-likeness (QED) is 0.754. The Morgan fingerprint density at radius 3 is 2.57 bits per heavy atom. The third-order valence-electron chi connectivity index (χ3n) is 2.71. The van der Waals surface area contributed by atoms with Crippen LogP contribution in [0.1, 0.15) is 33.1 Å². The van der Waals surface area contributed by atoms with Gasteiger partial charge in [0.15, 0.2) is 0 Å². The number of halogens is 1. The number of carbonyl (C=O) groups excluding carboxylic acids is 1. The molecule has 1 fully saturated rings. The lowest BCUT2D eigenvalue weighted by Gasteiger charge is -2.23. The van der Waals surface area contributed by atoms with E-state index in [1.807, 2.05) is 0 Å². The molecular formula is C10H21ClN2O. The summed E-state index contributed by atoms with van der Waals surface area (Å²) in [7, 11) is 0. The number of hydrogen-bond acceptors (Lipinski definition) is 2. The SMILES string of the molecule is CCC(C)NC(=O)C1CCNCC1.Cl. The normalized spacial score (nSPS) is 19.6. The van der Waals surface area contributed by atoms with Crippen molar-refractivity contribution < 1.29 is 4.79 Å². The molecule has 3 nitrogen and oxygen atoms in total. The summed E-state index contributed by atoms with van der Waals surface area (Å²) in [5.41, 5.74) is 0. The molecule has 1 aliphatic heterocycles. The molecule has 0 bridgehead atoms. The molecule has 1 aliphatic rings. The van der Waals surface area contributed by atoms with Gasteiger partial charge in [-0.15, -0.1) is 12.4 Å². The molecule has 0 radical (unpaired) electrons. The summed E-state index contributed by atoms with van der Waals surface area (Å²) in [6.45, 7) is 6.11. The van der Waals surface area contributed by atoms with Crippen molar-refractivity contribution in [3.8, 4) is 0 Å². The number of carbonyl (C=O) groups is 1. The second kappa shape index (κ2) is 7.07. The molecule has 1 heterocycles. The molecule has 1 saturated heterocycles. The molecule has 0 aromatic heterocycles. The van der Waals surface area contributed by atoms with Gasteiger partial charge < -0.3 is 10.6 Å². The van der Waals surface area contributed by atoms with Gasteiger partial charge in [-0.2, -0.15) is 0 Å².